The van der Waals surface area contributed by atoms with Gasteiger partial charge in [0.1, 0.15) is 17.9 Å². The summed E-state index contributed by atoms with van der Waals surface area (Å²) in [6, 6.07) is 18.6. The summed E-state index contributed by atoms with van der Waals surface area (Å²) in [6.07, 6.45) is -3.24. The van der Waals surface area contributed by atoms with E-state index in [0.717, 1.165) is 34.8 Å². The van der Waals surface area contributed by atoms with Gasteiger partial charge in [-0.25, -0.2) is 0 Å². The minimum Gasteiger partial charge on any atom is -0.487 e. The van der Waals surface area contributed by atoms with Gasteiger partial charge in [-0.1, -0.05) is 62.4 Å². The van der Waals surface area contributed by atoms with Crippen molar-refractivity contribution in [3.05, 3.63) is 100 Å². The van der Waals surface area contributed by atoms with Crippen LogP contribution in [-0.4, -0.2) is 34.0 Å². The van der Waals surface area contributed by atoms with E-state index in [4.69, 9.17) is 4.74 Å². The Balaban J connectivity index is 1.45. The summed E-state index contributed by atoms with van der Waals surface area (Å²) in [4.78, 5) is 25.6. The molecule has 0 bridgehead atoms. The second-order valence-electron chi connectivity index (χ2n) is 10.8. The van der Waals surface area contributed by atoms with Crippen LogP contribution in [0.1, 0.15) is 60.1 Å². The molecule has 1 aliphatic heterocycles. The van der Waals surface area contributed by atoms with Gasteiger partial charge < -0.3 is 14.7 Å². The predicted molar refractivity (Wildman–Crippen MR) is 142 cm³/mol. The van der Waals surface area contributed by atoms with Crippen LogP contribution in [0.2, 0.25) is 0 Å². The molecule has 0 aromatic heterocycles. The molecule has 4 rings (SSSR count). The molecular weight excluding hydrogens is 507 g/mol. The van der Waals surface area contributed by atoms with Crippen LogP contribution >= 0.6 is 0 Å². The van der Waals surface area contributed by atoms with Gasteiger partial charge in [0, 0.05) is 19.4 Å². The molecule has 1 aliphatic rings. The molecule has 206 valence electrons. The molecule has 5 nitrogen and oxygen atoms in total. The van der Waals surface area contributed by atoms with Gasteiger partial charge in [-0.15, -0.1) is 0 Å². The average molecular weight is 540 g/mol. The van der Waals surface area contributed by atoms with Crippen LogP contribution in [0.25, 0.3) is 0 Å². The van der Waals surface area contributed by atoms with Gasteiger partial charge >= 0.3 is 12.1 Å². The number of aliphatic carboxylic acids is 1. The van der Waals surface area contributed by atoms with Crippen molar-refractivity contribution < 1.29 is 32.6 Å². The molecule has 0 radical (unpaired) electrons. The molecule has 1 amide bonds. The minimum atomic E-state index is -4.53. The number of alkyl halides is 3. The molecule has 0 spiro atoms. The van der Waals surface area contributed by atoms with E-state index in [1.54, 1.807) is 6.07 Å². The number of rotatable bonds is 9. The average Bonchev–Trinajstić information content (AvgIpc) is 3.18. The standard InChI is InChI=1S/C31H32F3NO4/c1-20(2)24-10-7-21(8-11-24)16-30(3)17-25-13-22(9-12-27(25)39-30)15-28(36)35(19-29(37)38)18-23-5-4-6-26(14-23)31(32,33)34/h4-14,20H,15-19H2,1-3H3,(H,37,38)/t30-/m1/s1. The molecule has 0 aliphatic carbocycles. The SMILES string of the molecule is CC(C)c1ccc(C[C@]2(C)Cc3cc(CC(=O)N(CC(=O)O)Cc4cccc(C(F)(F)F)c4)ccc3O2)cc1. The van der Waals surface area contributed by atoms with Crippen molar-refractivity contribution >= 4 is 11.9 Å². The van der Waals surface area contributed by atoms with Crippen molar-refractivity contribution in [3.63, 3.8) is 0 Å². The summed E-state index contributed by atoms with van der Waals surface area (Å²) in [6.45, 7) is 5.51. The van der Waals surface area contributed by atoms with E-state index in [-0.39, 0.29) is 18.5 Å². The predicted octanol–water partition coefficient (Wildman–Crippen LogP) is 6.42. The molecule has 3 aromatic carbocycles. The maximum Gasteiger partial charge on any atom is 0.416 e. The topological polar surface area (TPSA) is 66.8 Å². The van der Waals surface area contributed by atoms with Gasteiger partial charge in [0.2, 0.25) is 5.91 Å². The Labute approximate surface area is 226 Å². The van der Waals surface area contributed by atoms with Crippen LogP contribution in [0.3, 0.4) is 0 Å². The van der Waals surface area contributed by atoms with Crippen LogP contribution in [0.5, 0.6) is 5.75 Å². The third kappa shape index (κ3) is 7.19. The maximum atomic E-state index is 13.1. The third-order valence-electron chi connectivity index (χ3n) is 6.93. The second-order valence-corrected chi connectivity index (χ2v) is 10.8. The van der Waals surface area contributed by atoms with Gasteiger partial charge in [0.15, 0.2) is 0 Å². The lowest BCUT2D eigenvalue weighted by molar-refractivity contribution is -0.144. The Hall–Kier alpha value is -3.81. The zero-order valence-corrected chi connectivity index (χ0v) is 22.2. The molecule has 0 saturated heterocycles. The van der Waals surface area contributed by atoms with Crippen molar-refractivity contribution in [2.75, 3.05) is 6.54 Å². The Morgan fingerprint density at radius 1 is 1.00 bits per heavy atom. The van der Waals surface area contributed by atoms with Crippen LogP contribution in [0.15, 0.2) is 66.7 Å². The molecule has 8 heteroatoms. The highest BCUT2D eigenvalue weighted by Gasteiger charge is 2.35. The van der Waals surface area contributed by atoms with E-state index in [9.17, 15) is 27.9 Å². The number of hydrogen-bond acceptors (Lipinski definition) is 3. The minimum absolute atomic E-state index is 0.0765. The highest BCUT2D eigenvalue weighted by Crippen LogP contribution is 2.38. The van der Waals surface area contributed by atoms with E-state index in [0.29, 0.717) is 17.9 Å². The number of carboxylic acids is 1. The summed E-state index contributed by atoms with van der Waals surface area (Å²) in [5.74, 6) is -0.519. The molecule has 1 atom stereocenters. The number of carbonyl (C=O) groups is 2. The summed E-state index contributed by atoms with van der Waals surface area (Å²) in [5, 5.41) is 9.32. The Kier molecular flexibility index (Phi) is 8.04. The molecule has 0 fully saturated rings. The molecule has 0 unspecified atom stereocenters. The highest BCUT2D eigenvalue weighted by atomic mass is 19.4. The van der Waals surface area contributed by atoms with E-state index in [2.05, 4.69) is 45.0 Å². The fourth-order valence-electron chi connectivity index (χ4n) is 4.98. The Bertz CT molecular complexity index is 1350. The van der Waals surface area contributed by atoms with Crippen LogP contribution in [-0.2, 0) is 41.6 Å². The third-order valence-corrected chi connectivity index (χ3v) is 6.93. The first-order chi connectivity index (χ1) is 18.3. The normalized spacial score (nSPS) is 16.6. The number of amides is 1. The van der Waals surface area contributed by atoms with Crippen LogP contribution in [0.4, 0.5) is 13.2 Å². The van der Waals surface area contributed by atoms with Gasteiger partial charge in [0.25, 0.3) is 0 Å². The largest absolute Gasteiger partial charge is 0.487 e. The summed E-state index contributed by atoms with van der Waals surface area (Å²) in [5.41, 5.74) is 3.02. The maximum absolute atomic E-state index is 13.1. The zero-order chi connectivity index (χ0) is 28.4. The van der Waals surface area contributed by atoms with Crippen molar-refractivity contribution in [1.29, 1.82) is 0 Å². The first-order valence-corrected chi connectivity index (χ1v) is 12.9. The summed E-state index contributed by atoms with van der Waals surface area (Å²) in [7, 11) is 0. The van der Waals surface area contributed by atoms with E-state index in [1.807, 2.05) is 12.1 Å². The first kappa shape index (κ1) is 28.2. The lowest BCUT2D eigenvalue weighted by atomic mass is 9.90. The fourth-order valence-corrected chi connectivity index (χ4v) is 4.98. The molecule has 39 heavy (non-hydrogen) atoms. The number of hydrogen-bond donors (Lipinski definition) is 1. The smallest absolute Gasteiger partial charge is 0.416 e. The molecular formula is C31H32F3NO4. The monoisotopic (exact) mass is 539 g/mol. The fraction of sp³-hybridized carbons (Fsp3) is 0.355. The molecule has 3 aromatic rings. The number of halogens is 3. The van der Waals surface area contributed by atoms with Gasteiger partial charge in [-0.2, -0.15) is 13.2 Å². The second kappa shape index (κ2) is 11.1. The van der Waals surface area contributed by atoms with Gasteiger partial charge in [0.05, 0.1) is 12.0 Å². The molecule has 1 heterocycles. The van der Waals surface area contributed by atoms with Crippen LogP contribution < -0.4 is 4.74 Å². The van der Waals surface area contributed by atoms with E-state index in [1.165, 1.54) is 23.3 Å². The number of carboxylic acid groups (broad SMARTS) is 1. The quantitative estimate of drug-likeness (QED) is 0.341. The summed E-state index contributed by atoms with van der Waals surface area (Å²) < 4.78 is 45.6. The van der Waals surface area contributed by atoms with Crippen molar-refractivity contribution in [3.8, 4) is 5.75 Å². The highest BCUT2D eigenvalue weighted by molar-refractivity contribution is 5.83. The number of fused-ring (bicyclic) bond motifs is 1. The van der Waals surface area contributed by atoms with Crippen molar-refractivity contribution in [1.82, 2.24) is 4.90 Å². The lowest BCUT2D eigenvalue weighted by Gasteiger charge is -2.24. The lowest BCUT2D eigenvalue weighted by Crippen LogP contribution is -2.36. The molecule has 0 saturated carbocycles. The van der Waals surface area contributed by atoms with Crippen LogP contribution in [0, 0.1) is 0 Å². The van der Waals surface area contributed by atoms with Crippen molar-refractivity contribution in [2.45, 2.75) is 64.3 Å². The number of benzene rings is 3. The number of carbonyl (C=O) groups excluding carboxylic acids is 1. The number of nitrogens with zero attached hydrogens (tertiary/aromatic N) is 1. The Morgan fingerprint density at radius 3 is 2.33 bits per heavy atom. The number of ether oxygens (including phenoxy) is 1. The van der Waals surface area contributed by atoms with E-state index >= 15 is 0 Å². The summed E-state index contributed by atoms with van der Waals surface area (Å²) >= 11 is 0. The van der Waals surface area contributed by atoms with Crippen molar-refractivity contribution in [2.24, 2.45) is 0 Å². The zero-order valence-electron chi connectivity index (χ0n) is 22.2. The van der Waals surface area contributed by atoms with E-state index < -0.39 is 35.8 Å². The van der Waals surface area contributed by atoms with Gasteiger partial charge in [-0.05, 0) is 58.9 Å². The first-order valence-electron chi connectivity index (χ1n) is 12.9. The Morgan fingerprint density at radius 2 is 1.69 bits per heavy atom. The molecule has 1 N–H and O–H groups in total. The van der Waals surface area contributed by atoms with Gasteiger partial charge in [-0.3, -0.25) is 9.59 Å².